The highest BCUT2D eigenvalue weighted by Gasteiger charge is 2.27. The van der Waals surface area contributed by atoms with Crippen LogP contribution in [0.3, 0.4) is 0 Å². The van der Waals surface area contributed by atoms with Gasteiger partial charge < -0.3 is 19.5 Å². The lowest BCUT2D eigenvalue weighted by atomic mass is 10.1. The van der Waals surface area contributed by atoms with Crippen molar-refractivity contribution >= 4 is 5.91 Å². The van der Waals surface area contributed by atoms with E-state index in [0.717, 1.165) is 23.5 Å². The monoisotopic (exact) mass is 249 g/mol. The molecular weight excluding hydrogens is 234 g/mol. The smallest absolute Gasteiger partial charge is 0.251 e. The minimum atomic E-state index is -0.840. The first kappa shape index (κ1) is 11.3. The lowest BCUT2D eigenvalue weighted by molar-refractivity contribution is -0.144. The van der Waals surface area contributed by atoms with E-state index in [-0.39, 0.29) is 12.7 Å². The van der Waals surface area contributed by atoms with Crippen molar-refractivity contribution in [2.24, 2.45) is 0 Å². The van der Waals surface area contributed by atoms with Crippen molar-refractivity contribution in [1.29, 1.82) is 0 Å². The van der Waals surface area contributed by atoms with Gasteiger partial charge in [-0.15, -0.1) is 0 Å². The summed E-state index contributed by atoms with van der Waals surface area (Å²) >= 11 is 0. The number of hydrogen-bond donors (Lipinski definition) is 1. The fourth-order valence-corrected chi connectivity index (χ4v) is 2.34. The molecule has 0 saturated carbocycles. The molecule has 96 valence electrons. The summed E-state index contributed by atoms with van der Waals surface area (Å²) < 4.78 is 10.5. The third-order valence-corrected chi connectivity index (χ3v) is 3.31. The van der Waals surface area contributed by atoms with Crippen molar-refractivity contribution in [2.45, 2.75) is 25.5 Å². The molecule has 2 aliphatic rings. The molecule has 18 heavy (non-hydrogen) atoms. The molecule has 2 heterocycles. The third-order valence-electron chi connectivity index (χ3n) is 3.31. The van der Waals surface area contributed by atoms with Crippen LogP contribution < -0.4 is 9.47 Å². The number of hydrogen-bond acceptors (Lipinski definition) is 4. The summed E-state index contributed by atoms with van der Waals surface area (Å²) in [4.78, 5) is 13.5. The normalized spacial score (nSPS) is 22.4. The molecule has 5 nitrogen and oxygen atoms in total. The average Bonchev–Trinajstić information content (AvgIpc) is 2.82. The fraction of sp³-hybridized carbons (Fsp3) is 0.462. The highest BCUT2D eigenvalue weighted by atomic mass is 16.7. The molecule has 0 radical (unpaired) electrons. The van der Waals surface area contributed by atoms with Gasteiger partial charge in [-0.2, -0.15) is 0 Å². The van der Waals surface area contributed by atoms with Crippen LogP contribution in [0.15, 0.2) is 18.2 Å². The number of ether oxygens (including phenoxy) is 2. The van der Waals surface area contributed by atoms with Crippen molar-refractivity contribution in [3.63, 3.8) is 0 Å². The van der Waals surface area contributed by atoms with Gasteiger partial charge in [0.2, 0.25) is 6.79 Å². The SMILES string of the molecule is O=C1C(O)CCCN1Cc1ccc2c(c1)OCO2. The van der Waals surface area contributed by atoms with Crippen LogP contribution >= 0.6 is 0 Å². The number of piperidine rings is 1. The van der Waals surface area contributed by atoms with Gasteiger partial charge in [0.25, 0.3) is 5.91 Å². The Kier molecular flexibility index (Phi) is 2.83. The molecule has 3 rings (SSSR count). The molecular formula is C13H15NO4. The zero-order valence-corrected chi connectivity index (χ0v) is 9.96. The third kappa shape index (κ3) is 2.01. The van der Waals surface area contributed by atoms with Gasteiger partial charge >= 0.3 is 0 Å². The summed E-state index contributed by atoms with van der Waals surface area (Å²) in [6.45, 7) is 1.46. The van der Waals surface area contributed by atoms with Crippen molar-refractivity contribution in [2.75, 3.05) is 13.3 Å². The zero-order valence-electron chi connectivity index (χ0n) is 9.96. The second-order valence-corrected chi connectivity index (χ2v) is 4.61. The number of aliphatic hydroxyl groups is 1. The zero-order chi connectivity index (χ0) is 12.5. The van der Waals surface area contributed by atoms with Gasteiger partial charge in [0, 0.05) is 13.1 Å². The molecule has 1 aromatic rings. The first-order chi connectivity index (χ1) is 8.74. The number of carbonyl (C=O) groups excluding carboxylic acids is 1. The van der Waals surface area contributed by atoms with Crippen molar-refractivity contribution in [3.8, 4) is 11.5 Å². The molecule has 1 amide bonds. The fourth-order valence-electron chi connectivity index (χ4n) is 2.34. The second kappa shape index (κ2) is 4.49. The Morgan fingerprint density at radius 2 is 2.17 bits per heavy atom. The average molecular weight is 249 g/mol. The molecule has 5 heteroatoms. The summed E-state index contributed by atoms with van der Waals surface area (Å²) in [5, 5.41) is 9.55. The number of nitrogens with zero attached hydrogens (tertiary/aromatic N) is 1. The molecule has 1 fully saturated rings. The minimum Gasteiger partial charge on any atom is -0.454 e. The number of benzene rings is 1. The maximum atomic E-state index is 11.8. The minimum absolute atomic E-state index is 0.182. The van der Waals surface area contributed by atoms with E-state index in [4.69, 9.17) is 9.47 Å². The standard InChI is InChI=1S/C13H15NO4/c15-10-2-1-5-14(13(10)16)7-9-3-4-11-12(6-9)18-8-17-11/h3-4,6,10,15H,1-2,5,7-8H2. The molecule has 1 N–H and O–H groups in total. The summed E-state index contributed by atoms with van der Waals surface area (Å²) in [7, 11) is 0. The Bertz CT molecular complexity index is 474. The molecule has 0 spiro atoms. The summed E-state index contributed by atoms with van der Waals surface area (Å²) in [5.41, 5.74) is 0.988. The summed E-state index contributed by atoms with van der Waals surface area (Å²) in [6, 6.07) is 5.65. The van der Waals surface area contributed by atoms with E-state index in [1.807, 2.05) is 18.2 Å². The second-order valence-electron chi connectivity index (χ2n) is 4.61. The molecule has 1 saturated heterocycles. The van der Waals surface area contributed by atoms with Crippen LogP contribution in [0.5, 0.6) is 11.5 Å². The van der Waals surface area contributed by atoms with Gasteiger partial charge in [0.1, 0.15) is 6.10 Å². The Morgan fingerprint density at radius 3 is 3.06 bits per heavy atom. The van der Waals surface area contributed by atoms with Gasteiger partial charge in [0.05, 0.1) is 0 Å². The number of fused-ring (bicyclic) bond motifs is 1. The van der Waals surface area contributed by atoms with Crippen LogP contribution in [0.4, 0.5) is 0 Å². The topological polar surface area (TPSA) is 59.0 Å². The molecule has 1 unspecified atom stereocenters. The van der Waals surface area contributed by atoms with Crippen LogP contribution in [0, 0.1) is 0 Å². The molecule has 0 aliphatic carbocycles. The quantitative estimate of drug-likeness (QED) is 0.846. The predicted octanol–water partition coefficient (Wildman–Crippen LogP) is 0.899. The Morgan fingerprint density at radius 1 is 1.33 bits per heavy atom. The van der Waals surface area contributed by atoms with E-state index in [1.165, 1.54) is 0 Å². The largest absolute Gasteiger partial charge is 0.454 e. The van der Waals surface area contributed by atoms with E-state index >= 15 is 0 Å². The first-order valence-electron chi connectivity index (χ1n) is 6.09. The van der Waals surface area contributed by atoms with Crippen LogP contribution in [0.1, 0.15) is 18.4 Å². The van der Waals surface area contributed by atoms with Crippen LogP contribution in [-0.2, 0) is 11.3 Å². The van der Waals surface area contributed by atoms with Gasteiger partial charge in [-0.05, 0) is 30.5 Å². The first-order valence-corrected chi connectivity index (χ1v) is 6.09. The van der Waals surface area contributed by atoms with Gasteiger partial charge in [0.15, 0.2) is 11.5 Å². The van der Waals surface area contributed by atoms with E-state index in [2.05, 4.69) is 0 Å². The number of carbonyl (C=O) groups is 1. The Hall–Kier alpha value is -1.75. The molecule has 0 bridgehead atoms. The van der Waals surface area contributed by atoms with E-state index in [0.29, 0.717) is 19.5 Å². The highest BCUT2D eigenvalue weighted by molar-refractivity contribution is 5.81. The van der Waals surface area contributed by atoms with E-state index < -0.39 is 6.10 Å². The van der Waals surface area contributed by atoms with Gasteiger partial charge in [-0.1, -0.05) is 6.07 Å². The molecule has 1 aromatic carbocycles. The van der Waals surface area contributed by atoms with Gasteiger partial charge in [-0.25, -0.2) is 0 Å². The van der Waals surface area contributed by atoms with Crippen LogP contribution in [-0.4, -0.2) is 35.4 Å². The van der Waals surface area contributed by atoms with Crippen molar-refractivity contribution in [3.05, 3.63) is 23.8 Å². The van der Waals surface area contributed by atoms with Gasteiger partial charge in [-0.3, -0.25) is 4.79 Å². The Balaban J connectivity index is 1.74. The number of likely N-dealkylation sites (tertiary alicyclic amines) is 1. The maximum Gasteiger partial charge on any atom is 0.251 e. The van der Waals surface area contributed by atoms with Crippen LogP contribution in [0.25, 0.3) is 0 Å². The molecule has 0 aromatic heterocycles. The molecule has 1 atom stereocenters. The molecule has 2 aliphatic heterocycles. The van der Waals surface area contributed by atoms with Crippen molar-refractivity contribution in [1.82, 2.24) is 4.90 Å². The number of aliphatic hydroxyl groups excluding tert-OH is 1. The van der Waals surface area contributed by atoms with Crippen molar-refractivity contribution < 1.29 is 19.4 Å². The Labute approximate surface area is 105 Å². The summed E-state index contributed by atoms with van der Waals surface area (Å²) in [5.74, 6) is 1.28. The number of amides is 1. The lowest BCUT2D eigenvalue weighted by Gasteiger charge is -2.29. The summed E-state index contributed by atoms with van der Waals surface area (Å²) in [6.07, 6.45) is 0.571. The predicted molar refractivity (Wildman–Crippen MR) is 63.2 cm³/mol. The van der Waals surface area contributed by atoms with E-state index in [1.54, 1.807) is 4.90 Å². The van der Waals surface area contributed by atoms with E-state index in [9.17, 15) is 9.90 Å². The highest BCUT2D eigenvalue weighted by Crippen LogP contribution is 2.33. The lowest BCUT2D eigenvalue weighted by Crippen LogP contribution is -2.43. The maximum absolute atomic E-state index is 11.8. The number of rotatable bonds is 2. The van der Waals surface area contributed by atoms with Crippen LogP contribution in [0.2, 0.25) is 0 Å².